The number of thioether (sulfide) groups is 1. The molecule has 0 bridgehead atoms. The van der Waals surface area contributed by atoms with Crippen molar-refractivity contribution in [2.45, 2.75) is 10.3 Å². The maximum atomic E-state index is 5.80. The fraction of sp³-hybridized carbons (Fsp3) is 0.182. The Morgan fingerprint density at radius 1 is 1.38 bits per heavy atom. The van der Waals surface area contributed by atoms with Crippen LogP contribution < -0.4 is 5.73 Å². The van der Waals surface area contributed by atoms with E-state index in [1.165, 1.54) is 4.88 Å². The smallest absolute Gasteiger partial charge is 0.0966 e. The van der Waals surface area contributed by atoms with Crippen molar-refractivity contribution in [2.24, 2.45) is 5.73 Å². The molecule has 2 heterocycles. The third kappa shape index (κ3) is 3.07. The molecule has 2 nitrogen and oxygen atoms in total. The van der Waals surface area contributed by atoms with Crippen LogP contribution in [0.1, 0.15) is 10.1 Å². The number of pyridine rings is 1. The number of hydrogen-bond donors (Lipinski definition) is 1. The monoisotopic (exact) mass is 314 g/mol. The van der Waals surface area contributed by atoms with Gasteiger partial charge in [-0.05, 0) is 40.2 Å². The molecule has 2 rings (SSSR count). The highest BCUT2D eigenvalue weighted by atomic mass is 79.9. The molecule has 0 saturated carbocycles. The van der Waals surface area contributed by atoms with E-state index in [1.807, 2.05) is 18.2 Å². The molecule has 0 aliphatic carbocycles. The summed E-state index contributed by atoms with van der Waals surface area (Å²) in [6, 6.07) is 10.1. The maximum absolute atomic E-state index is 5.80. The highest BCUT2D eigenvalue weighted by Gasteiger charge is 2.13. The van der Waals surface area contributed by atoms with Gasteiger partial charge >= 0.3 is 0 Å². The molecule has 2 N–H and O–H groups in total. The fourth-order valence-corrected chi connectivity index (χ4v) is 3.85. The highest BCUT2D eigenvalue weighted by Crippen LogP contribution is 2.37. The molecule has 0 spiro atoms. The molecule has 16 heavy (non-hydrogen) atoms. The SMILES string of the molecule is NCC(Sc1ccccn1)c1ccc(Br)s1. The molecule has 0 fully saturated rings. The summed E-state index contributed by atoms with van der Waals surface area (Å²) in [5, 5.41) is 1.30. The zero-order valence-electron chi connectivity index (χ0n) is 8.47. The molecule has 0 aliphatic heterocycles. The van der Waals surface area contributed by atoms with Crippen LogP contribution in [-0.4, -0.2) is 11.5 Å². The number of nitrogens with two attached hydrogens (primary N) is 1. The summed E-state index contributed by atoms with van der Waals surface area (Å²) >= 11 is 6.90. The van der Waals surface area contributed by atoms with Gasteiger partial charge in [0.15, 0.2) is 0 Å². The van der Waals surface area contributed by atoms with Crippen LogP contribution in [0.2, 0.25) is 0 Å². The number of aromatic nitrogens is 1. The lowest BCUT2D eigenvalue weighted by atomic mass is 10.3. The van der Waals surface area contributed by atoms with Crippen molar-refractivity contribution in [3.8, 4) is 0 Å². The molecule has 0 aliphatic rings. The topological polar surface area (TPSA) is 38.9 Å². The van der Waals surface area contributed by atoms with E-state index in [1.54, 1.807) is 29.3 Å². The molecule has 1 unspecified atom stereocenters. The predicted molar refractivity (Wildman–Crippen MR) is 73.9 cm³/mol. The van der Waals surface area contributed by atoms with Crippen LogP contribution in [0.4, 0.5) is 0 Å². The molecule has 0 aromatic carbocycles. The molecule has 0 radical (unpaired) electrons. The first kappa shape index (κ1) is 12.1. The van der Waals surface area contributed by atoms with E-state index < -0.39 is 0 Å². The Morgan fingerprint density at radius 3 is 2.81 bits per heavy atom. The molecular formula is C11H11BrN2S2. The summed E-state index contributed by atoms with van der Waals surface area (Å²) in [5.74, 6) is 0. The highest BCUT2D eigenvalue weighted by molar-refractivity contribution is 9.11. The van der Waals surface area contributed by atoms with E-state index >= 15 is 0 Å². The summed E-state index contributed by atoms with van der Waals surface area (Å²) < 4.78 is 1.14. The molecule has 2 aromatic heterocycles. The first-order valence-corrected chi connectivity index (χ1v) is 7.31. The quantitative estimate of drug-likeness (QED) is 0.875. The van der Waals surface area contributed by atoms with Gasteiger partial charge in [0.1, 0.15) is 0 Å². The minimum absolute atomic E-state index is 0.284. The number of thiophene rings is 1. The molecular weight excluding hydrogens is 304 g/mol. The van der Waals surface area contributed by atoms with Crippen molar-refractivity contribution in [1.82, 2.24) is 4.98 Å². The molecule has 0 amide bonds. The molecule has 5 heteroatoms. The molecule has 0 saturated heterocycles. The van der Waals surface area contributed by atoms with Crippen LogP contribution in [0.5, 0.6) is 0 Å². The molecule has 84 valence electrons. The number of halogens is 1. The largest absolute Gasteiger partial charge is 0.329 e. The third-order valence-electron chi connectivity index (χ3n) is 2.03. The van der Waals surface area contributed by atoms with Gasteiger partial charge in [-0.25, -0.2) is 4.98 Å². The van der Waals surface area contributed by atoms with Crippen LogP contribution in [0.15, 0.2) is 45.3 Å². The van der Waals surface area contributed by atoms with Gasteiger partial charge in [-0.3, -0.25) is 0 Å². The lowest BCUT2D eigenvalue weighted by molar-refractivity contribution is 0.953. The van der Waals surface area contributed by atoms with Gasteiger partial charge in [0.2, 0.25) is 0 Å². The van der Waals surface area contributed by atoms with Crippen LogP contribution in [0.3, 0.4) is 0 Å². The summed E-state index contributed by atoms with van der Waals surface area (Å²) in [6.07, 6.45) is 1.81. The van der Waals surface area contributed by atoms with Gasteiger partial charge in [-0.2, -0.15) is 0 Å². The van der Waals surface area contributed by atoms with Crippen molar-refractivity contribution in [2.75, 3.05) is 6.54 Å². The van der Waals surface area contributed by atoms with E-state index in [-0.39, 0.29) is 5.25 Å². The van der Waals surface area contributed by atoms with Crippen molar-refractivity contribution in [1.29, 1.82) is 0 Å². The average Bonchev–Trinajstić information content (AvgIpc) is 2.74. The van der Waals surface area contributed by atoms with Gasteiger partial charge in [-0.15, -0.1) is 11.3 Å². The Balaban J connectivity index is 2.12. The zero-order chi connectivity index (χ0) is 11.4. The Morgan fingerprint density at radius 2 is 2.25 bits per heavy atom. The van der Waals surface area contributed by atoms with Gasteiger partial charge in [0.25, 0.3) is 0 Å². The first-order valence-electron chi connectivity index (χ1n) is 4.82. The number of rotatable bonds is 4. The van der Waals surface area contributed by atoms with E-state index in [0.717, 1.165) is 8.81 Å². The molecule has 2 aromatic rings. The average molecular weight is 315 g/mol. The van der Waals surface area contributed by atoms with Crippen LogP contribution in [-0.2, 0) is 0 Å². The van der Waals surface area contributed by atoms with Crippen molar-refractivity contribution < 1.29 is 0 Å². The van der Waals surface area contributed by atoms with Gasteiger partial charge < -0.3 is 5.73 Å². The van der Waals surface area contributed by atoms with E-state index in [2.05, 4.69) is 33.0 Å². The predicted octanol–water partition coefficient (Wildman–Crippen LogP) is 3.70. The normalized spacial score (nSPS) is 12.6. The van der Waals surface area contributed by atoms with E-state index in [9.17, 15) is 0 Å². The van der Waals surface area contributed by atoms with Gasteiger partial charge in [0, 0.05) is 17.6 Å². The third-order valence-corrected chi connectivity index (χ3v) is 5.13. The Hall–Kier alpha value is -0.360. The second kappa shape index (κ2) is 5.82. The maximum Gasteiger partial charge on any atom is 0.0966 e. The minimum Gasteiger partial charge on any atom is -0.329 e. The second-order valence-electron chi connectivity index (χ2n) is 3.15. The summed E-state index contributed by atoms with van der Waals surface area (Å²) in [5.41, 5.74) is 5.80. The summed E-state index contributed by atoms with van der Waals surface area (Å²) in [7, 11) is 0. The Labute approximate surface area is 111 Å². The standard InChI is InChI=1S/C11H11BrN2S2/c12-10-5-4-8(15-10)9(7-13)16-11-3-1-2-6-14-11/h1-6,9H,7,13H2. The molecule has 1 atom stereocenters. The van der Waals surface area contributed by atoms with Gasteiger partial charge in [0.05, 0.1) is 14.1 Å². The number of nitrogens with zero attached hydrogens (tertiary/aromatic N) is 1. The number of hydrogen-bond acceptors (Lipinski definition) is 4. The second-order valence-corrected chi connectivity index (χ2v) is 6.87. The zero-order valence-corrected chi connectivity index (χ0v) is 11.7. The lowest BCUT2D eigenvalue weighted by Crippen LogP contribution is -2.08. The van der Waals surface area contributed by atoms with Gasteiger partial charge in [-0.1, -0.05) is 17.8 Å². The van der Waals surface area contributed by atoms with Crippen molar-refractivity contribution >= 4 is 39.0 Å². The van der Waals surface area contributed by atoms with Crippen LogP contribution in [0, 0.1) is 0 Å². The minimum atomic E-state index is 0.284. The van der Waals surface area contributed by atoms with Crippen LogP contribution in [0.25, 0.3) is 0 Å². The van der Waals surface area contributed by atoms with Crippen LogP contribution >= 0.6 is 39.0 Å². The Kier molecular flexibility index (Phi) is 4.40. The Bertz CT molecular complexity index is 444. The van der Waals surface area contributed by atoms with Crippen molar-refractivity contribution in [3.63, 3.8) is 0 Å². The first-order chi connectivity index (χ1) is 7.79. The summed E-state index contributed by atoms with van der Waals surface area (Å²) in [6.45, 7) is 0.619. The lowest BCUT2D eigenvalue weighted by Gasteiger charge is -2.11. The van der Waals surface area contributed by atoms with E-state index in [0.29, 0.717) is 6.54 Å². The van der Waals surface area contributed by atoms with E-state index in [4.69, 9.17) is 5.73 Å². The fourth-order valence-electron chi connectivity index (χ4n) is 1.29. The van der Waals surface area contributed by atoms with Crippen molar-refractivity contribution in [3.05, 3.63) is 45.2 Å². The summed E-state index contributed by atoms with van der Waals surface area (Å²) in [4.78, 5) is 5.58.